The highest BCUT2D eigenvalue weighted by molar-refractivity contribution is 5.78. The van der Waals surface area contributed by atoms with Crippen LogP contribution in [-0.4, -0.2) is 0 Å². The second kappa shape index (κ2) is 7.02. The maximum absolute atomic E-state index is 14.6. The van der Waals surface area contributed by atoms with Gasteiger partial charge >= 0.3 is 0 Å². The minimum Gasteiger partial charge on any atom is -0.302 e. The lowest BCUT2D eigenvalue weighted by Gasteiger charge is -2.27. The van der Waals surface area contributed by atoms with Crippen molar-refractivity contribution in [2.75, 3.05) is 4.90 Å². The van der Waals surface area contributed by atoms with Gasteiger partial charge in [-0.3, -0.25) is 0 Å². The fourth-order valence-corrected chi connectivity index (χ4v) is 2.85. The Morgan fingerprint density at radius 1 is 0.593 bits per heavy atom. The van der Waals surface area contributed by atoms with Gasteiger partial charge in [-0.2, -0.15) is 0 Å². The quantitative estimate of drug-likeness (QED) is 0.455. The van der Waals surface area contributed by atoms with Gasteiger partial charge in [0.2, 0.25) is 0 Å². The molecule has 0 N–H and O–H groups in total. The van der Waals surface area contributed by atoms with Crippen LogP contribution in [0.1, 0.15) is 16.7 Å². The number of anilines is 3. The van der Waals surface area contributed by atoms with Gasteiger partial charge in [-0.1, -0.05) is 6.07 Å². The molecule has 0 aromatic heterocycles. The lowest BCUT2D eigenvalue weighted by molar-refractivity contribution is 0.565. The fourth-order valence-electron chi connectivity index (χ4n) is 2.85. The lowest BCUT2D eigenvalue weighted by atomic mass is 10.1. The number of nitrogens with zero attached hydrogens (tertiary/aromatic N) is 1. The third-order valence-corrected chi connectivity index (χ3v) is 4.25. The first-order chi connectivity index (χ1) is 12.7. The number of hydrogen-bond donors (Lipinski definition) is 0. The number of halogens is 5. The van der Waals surface area contributed by atoms with Crippen molar-refractivity contribution >= 4 is 17.1 Å². The van der Waals surface area contributed by atoms with Crippen LogP contribution in [0.3, 0.4) is 0 Å². The number of benzene rings is 3. The minimum absolute atomic E-state index is 0.232. The van der Waals surface area contributed by atoms with E-state index in [1.54, 1.807) is 6.92 Å². The topological polar surface area (TPSA) is 3.24 Å². The molecule has 0 amide bonds. The molecule has 0 saturated heterocycles. The third kappa shape index (κ3) is 3.52. The predicted octanol–water partition coefficient (Wildman–Crippen LogP) is 6.78. The first-order valence-electron chi connectivity index (χ1n) is 8.16. The molecule has 0 aliphatic heterocycles. The first-order valence-corrected chi connectivity index (χ1v) is 8.16. The molecule has 3 rings (SSSR count). The summed E-state index contributed by atoms with van der Waals surface area (Å²) >= 11 is 0. The highest BCUT2D eigenvalue weighted by Crippen LogP contribution is 2.40. The van der Waals surface area contributed by atoms with Gasteiger partial charge < -0.3 is 4.90 Å². The van der Waals surface area contributed by atoms with Crippen LogP contribution in [0.2, 0.25) is 0 Å². The summed E-state index contributed by atoms with van der Waals surface area (Å²) in [5, 5.41) is 0. The molecular weight excluding hydrogens is 361 g/mol. The summed E-state index contributed by atoms with van der Waals surface area (Å²) in [5.74, 6) is -4.55. The molecule has 0 aliphatic carbocycles. The van der Waals surface area contributed by atoms with Crippen molar-refractivity contribution in [1.29, 1.82) is 0 Å². The van der Waals surface area contributed by atoms with Gasteiger partial charge in [0.15, 0.2) is 0 Å². The zero-order valence-electron chi connectivity index (χ0n) is 14.9. The van der Waals surface area contributed by atoms with Gasteiger partial charge in [-0.15, -0.1) is 0 Å². The summed E-state index contributed by atoms with van der Waals surface area (Å²) in [6.45, 7) is 4.38. The second-order valence-corrected chi connectivity index (χ2v) is 6.40. The molecule has 0 saturated carbocycles. The molecule has 140 valence electrons. The maximum atomic E-state index is 14.6. The molecule has 0 atom stereocenters. The van der Waals surface area contributed by atoms with E-state index in [4.69, 9.17) is 0 Å². The standard InChI is InChI=1S/C21H16F5N/c1-11-4-5-20(17(24)6-11)27(14-9-15(22)13(3)16(23)10-14)21-18(25)7-12(2)8-19(21)26/h4-10H,1-3H3. The van der Waals surface area contributed by atoms with Gasteiger partial charge in [-0.25, -0.2) is 22.0 Å². The molecule has 3 aromatic rings. The Kier molecular flexibility index (Phi) is 4.91. The second-order valence-electron chi connectivity index (χ2n) is 6.40. The van der Waals surface area contributed by atoms with Gasteiger partial charge in [0.1, 0.15) is 34.8 Å². The molecule has 27 heavy (non-hydrogen) atoms. The normalized spacial score (nSPS) is 11.0. The van der Waals surface area contributed by atoms with Crippen molar-refractivity contribution in [3.8, 4) is 0 Å². The molecule has 0 spiro atoms. The molecule has 1 nitrogen and oxygen atoms in total. The molecule has 0 radical (unpaired) electrons. The Bertz CT molecular complexity index is 983. The Hall–Kier alpha value is -2.89. The van der Waals surface area contributed by atoms with Gasteiger partial charge in [0.25, 0.3) is 0 Å². The lowest BCUT2D eigenvalue weighted by Crippen LogP contribution is -2.16. The van der Waals surface area contributed by atoms with Crippen molar-refractivity contribution in [1.82, 2.24) is 0 Å². The molecule has 0 fully saturated rings. The number of aryl methyl sites for hydroxylation is 2. The molecule has 0 unspecified atom stereocenters. The van der Waals surface area contributed by atoms with Gasteiger partial charge in [0, 0.05) is 5.56 Å². The molecule has 3 aromatic carbocycles. The van der Waals surface area contributed by atoms with E-state index in [2.05, 4.69) is 0 Å². The zero-order valence-corrected chi connectivity index (χ0v) is 14.9. The zero-order chi connectivity index (χ0) is 19.9. The van der Waals surface area contributed by atoms with E-state index in [0.717, 1.165) is 29.2 Å². The van der Waals surface area contributed by atoms with Crippen molar-refractivity contribution in [3.63, 3.8) is 0 Å². The van der Waals surface area contributed by atoms with E-state index in [1.165, 1.54) is 32.0 Å². The van der Waals surface area contributed by atoms with E-state index in [9.17, 15) is 22.0 Å². The first kappa shape index (κ1) is 18.9. The van der Waals surface area contributed by atoms with E-state index in [1.807, 2.05) is 0 Å². The Labute approximate surface area is 153 Å². The monoisotopic (exact) mass is 377 g/mol. The largest absolute Gasteiger partial charge is 0.302 e. The SMILES string of the molecule is Cc1ccc(N(c2cc(F)c(C)c(F)c2)c2c(F)cc(C)cc2F)c(F)c1. The van der Waals surface area contributed by atoms with Crippen LogP contribution in [0.25, 0.3) is 0 Å². The van der Waals surface area contributed by atoms with Crippen LogP contribution in [0.5, 0.6) is 0 Å². The molecular formula is C21H16F5N. The van der Waals surface area contributed by atoms with Crippen LogP contribution in [0.15, 0.2) is 42.5 Å². The van der Waals surface area contributed by atoms with E-state index < -0.39 is 34.8 Å². The van der Waals surface area contributed by atoms with E-state index in [-0.39, 0.29) is 16.9 Å². The minimum atomic E-state index is -0.978. The predicted molar refractivity (Wildman–Crippen MR) is 95.1 cm³/mol. The van der Waals surface area contributed by atoms with Crippen molar-refractivity contribution < 1.29 is 22.0 Å². The van der Waals surface area contributed by atoms with Crippen molar-refractivity contribution in [2.24, 2.45) is 0 Å². The highest BCUT2D eigenvalue weighted by atomic mass is 19.1. The summed E-state index contributed by atoms with van der Waals surface area (Å²) in [7, 11) is 0. The third-order valence-electron chi connectivity index (χ3n) is 4.25. The van der Waals surface area contributed by atoms with Crippen LogP contribution in [0, 0.1) is 49.9 Å². The van der Waals surface area contributed by atoms with Crippen LogP contribution >= 0.6 is 0 Å². The number of rotatable bonds is 3. The van der Waals surface area contributed by atoms with Crippen LogP contribution < -0.4 is 4.90 Å². The fraction of sp³-hybridized carbons (Fsp3) is 0.143. The average molecular weight is 377 g/mol. The van der Waals surface area contributed by atoms with Gasteiger partial charge in [0.05, 0.1) is 11.4 Å². The van der Waals surface area contributed by atoms with E-state index >= 15 is 0 Å². The summed E-state index contributed by atoms with van der Waals surface area (Å²) in [5.41, 5.74) is -0.425. The van der Waals surface area contributed by atoms with E-state index in [0.29, 0.717) is 11.1 Å². The smallest absolute Gasteiger partial charge is 0.150 e. The molecule has 0 heterocycles. The number of hydrogen-bond acceptors (Lipinski definition) is 1. The van der Waals surface area contributed by atoms with Crippen molar-refractivity contribution in [3.05, 3.63) is 88.2 Å². The molecule has 0 bridgehead atoms. The maximum Gasteiger partial charge on any atom is 0.150 e. The Morgan fingerprint density at radius 3 is 1.63 bits per heavy atom. The molecule has 0 aliphatic rings. The van der Waals surface area contributed by atoms with Crippen molar-refractivity contribution in [2.45, 2.75) is 20.8 Å². The van der Waals surface area contributed by atoms with Gasteiger partial charge in [-0.05, 0) is 68.3 Å². The molecule has 6 heteroatoms. The van der Waals surface area contributed by atoms with Crippen LogP contribution in [0.4, 0.5) is 39.0 Å². The summed E-state index contributed by atoms with van der Waals surface area (Å²) in [6.07, 6.45) is 0. The van der Waals surface area contributed by atoms with Crippen LogP contribution in [-0.2, 0) is 0 Å². The Balaban J connectivity index is 2.35. The Morgan fingerprint density at radius 2 is 1.11 bits per heavy atom. The summed E-state index contributed by atoms with van der Waals surface area (Å²) < 4.78 is 72.1. The highest BCUT2D eigenvalue weighted by Gasteiger charge is 2.25. The summed E-state index contributed by atoms with van der Waals surface area (Å²) in [4.78, 5) is 0.838. The average Bonchev–Trinajstić information content (AvgIpc) is 2.56. The summed E-state index contributed by atoms with van der Waals surface area (Å²) in [6, 6.07) is 7.98.